The molecular weight excluding hydrogens is 381 g/mol. The molecule has 0 saturated carbocycles. The van der Waals surface area contributed by atoms with Crippen molar-refractivity contribution in [2.24, 2.45) is 0 Å². The van der Waals surface area contributed by atoms with Crippen LogP contribution >= 0.6 is 23.2 Å². The highest BCUT2D eigenvalue weighted by atomic mass is 35.5. The number of hydrogen-bond acceptors (Lipinski definition) is 5. The summed E-state index contributed by atoms with van der Waals surface area (Å²) >= 11 is 11.7. The summed E-state index contributed by atoms with van der Waals surface area (Å²) in [4.78, 5) is 35.4. The number of rotatable bonds is 6. The van der Waals surface area contributed by atoms with Crippen molar-refractivity contribution in [3.8, 4) is 5.75 Å². The van der Waals surface area contributed by atoms with Crippen molar-refractivity contribution in [1.29, 1.82) is 0 Å². The molecule has 0 aliphatic heterocycles. The lowest BCUT2D eigenvalue weighted by Crippen LogP contribution is -2.36. The monoisotopic (exact) mass is 395 g/mol. The van der Waals surface area contributed by atoms with Gasteiger partial charge in [0.05, 0.1) is 5.02 Å². The van der Waals surface area contributed by atoms with Crippen LogP contribution in [-0.4, -0.2) is 30.5 Å². The van der Waals surface area contributed by atoms with Crippen molar-refractivity contribution in [2.75, 3.05) is 6.61 Å². The summed E-state index contributed by atoms with van der Waals surface area (Å²) in [7, 11) is 0. The summed E-state index contributed by atoms with van der Waals surface area (Å²) < 4.78 is 10.2. The van der Waals surface area contributed by atoms with Crippen LogP contribution < -0.4 is 10.1 Å². The second-order valence-corrected chi connectivity index (χ2v) is 6.03. The molecule has 2 amide bonds. The molecule has 6 nitrogen and oxygen atoms in total. The van der Waals surface area contributed by atoms with Crippen molar-refractivity contribution in [2.45, 2.75) is 13.0 Å². The Bertz CT molecular complexity index is 810. The molecule has 2 rings (SSSR count). The first-order chi connectivity index (χ1) is 12.4. The maximum Gasteiger partial charge on any atom is 0.347 e. The molecule has 26 heavy (non-hydrogen) atoms. The van der Waals surface area contributed by atoms with E-state index in [2.05, 4.69) is 5.32 Å². The zero-order valence-corrected chi connectivity index (χ0v) is 15.2. The van der Waals surface area contributed by atoms with Crippen LogP contribution in [0.3, 0.4) is 0 Å². The SMILES string of the molecule is CC(Oc1ccc(Cl)cc1Cl)C(=O)OCC(=O)NC(=O)c1ccccc1. The van der Waals surface area contributed by atoms with Gasteiger partial charge in [0.25, 0.3) is 11.8 Å². The standard InChI is InChI=1S/C18H15Cl2NO5/c1-11(26-15-8-7-13(19)9-14(15)20)18(24)25-10-16(22)21-17(23)12-5-3-2-4-6-12/h2-9,11H,10H2,1H3,(H,21,22,23). The molecule has 2 aromatic rings. The third kappa shape index (κ3) is 5.75. The van der Waals surface area contributed by atoms with E-state index in [4.69, 9.17) is 32.7 Å². The van der Waals surface area contributed by atoms with Crippen molar-refractivity contribution in [1.82, 2.24) is 5.32 Å². The lowest BCUT2D eigenvalue weighted by molar-refractivity contribution is -0.154. The molecule has 0 aromatic heterocycles. The fraction of sp³-hybridized carbons (Fsp3) is 0.167. The second-order valence-electron chi connectivity index (χ2n) is 5.19. The molecule has 0 radical (unpaired) electrons. The number of hydrogen-bond donors (Lipinski definition) is 1. The van der Waals surface area contributed by atoms with E-state index in [0.717, 1.165) is 0 Å². The first kappa shape index (κ1) is 19.8. The van der Waals surface area contributed by atoms with E-state index >= 15 is 0 Å². The Morgan fingerprint density at radius 1 is 1.08 bits per heavy atom. The molecule has 0 saturated heterocycles. The number of carbonyl (C=O) groups is 3. The van der Waals surface area contributed by atoms with Gasteiger partial charge in [0.15, 0.2) is 12.7 Å². The minimum absolute atomic E-state index is 0.239. The van der Waals surface area contributed by atoms with Crippen LogP contribution in [0.25, 0.3) is 0 Å². The van der Waals surface area contributed by atoms with E-state index in [0.29, 0.717) is 10.6 Å². The van der Waals surface area contributed by atoms with Crippen molar-refractivity contribution in [3.05, 3.63) is 64.1 Å². The van der Waals surface area contributed by atoms with Crippen LogP contribution in [0.1, 0.15) is 17.3 Å². The smallest absolute Gasteiger partial charge is 0.347 e. The molecule has 1 atom stereocenters. The molecular formula is C18H15Cl2NO5. The first-order valence-corrected chi connectivity index (χ1v) is 8.30. The van der Waals surface area contributed by atoms with Gasteiger partial charge >= 0.3 is 5.97 Å². The number of halogens is 2. The van der Waals surface area contributed by atoms with Gasteiger partial charge in [-0.2, -0.15) is 0 Å². The van der Waals surface area contributed by atoms with Crippen LogP contribution in [0.2, 0.25) is 10.0 Å². The van der Waals surface area contributed by atoms with Crippen LogP contribution in [0.15, 0.2) is 48.5 Å². The zero-order valence-electron chi connectivity index (χ0n) is 13.7. The lowest BCUT2D eigenvalue weighted by atomic mass is 10.2. The number of carbonyl (C=O) groups excluding carboxylic acids is 3. The number of amides is 2. The van der Waals surface area contributed by atoms with E-state index in [9.17, 15) is 14.4 Å². The molecule has 8 heteroatoms. The van der Waals surface area contributed by atoms with Gasteiger partial charge in [-0.25, -0.2) is 4.79 Å². The molecule has 0 spiro atoms. The van der Waals surface area contributed by atoms with Crippen LogP contribution in [0, 0.1) is 0 Å². The predicted molar refractivity (Wildman–Crippen MR) is 96.4 cm³/mol. The Labute approximate surface area is 160 Å². The first-order valence-electron chi connectivity index (χ1n) is 7.54. The normalized spacial score (nSPS) is 11.3. The number of benzene rings is 2. The Hall–Kier alpha value is -2.57. The molecule has 1 unspecified atom stereocenters. The van der Waals surface area contributed by atoms with Crippen LogP contribution in [0.4, 0.5) is 0 Å². The van der Waals surface area contributed by atoms with E-state index in [1.165, 1.54) is 19.1 Å². The summed E-state index contributed by atoms with van der Waals surface area (Å²) in [6, 6.07) is 12.7. The topological polar surface area (TPSA) is 81.7 Å². The Kier molecular flexibility index (Phi) is 7.00. The van der Waals surface area contributed by atoms with Crippen LogP contribution in [0.5, 0.6) is 5.75 Å². The van der Waals surface area contributed by atoms with Crippen molar-refractivity contribution >= 4 is 41.0 Å². The Morgan fingerprint density at radius 2 is 1.77 bits per heavy atom. The van der Waals surface area contributed by atoms with E-state index in [1.807, 2.05) is 0 Å². The summed E-state index contributed by atoms with van der Waals surface area (Å²) in [5, 5.41) is 2.79. The van der Waals surface area contributed by atoms with Gasteiger partial charge in [-0.05, 0) is 37.3 Å². The van der Waals surface area contributed by atoms with Gasteiger partial charge in [-0.3, -0.25) is 14.9 Å². The molecule has 0 bridgehead atoms. The van der Waals surface area contributed by atoms with Crippen LogP contribution in [-0.2, 0) is 14.3 Å². The van der Waals surface area contributed by atoms with Gasteiger partial charge in [-0.1, -0.05) is 41.4 Å². The summed E-state index contributed by atoms with van der Waals surface area (Å²) in [5.74, 6) is -1.85. The van der Waals surface area contributed by atoms with Gasteiger partial charge in [0.1, 0.15) is 5.75 Å². The highest BCUT2D eigenvalue weighted by Crippen LogP contribution is 2.28. The van der Waals surface area contributed by atoms with Gasteiger partial charge in [0, 0.05) is 10.6 Å². The Balaban J connectivity index is 1.81. The molecule has 0 aliphatic carbocycles. The molecule has 0 aliphatic rings. The number of nitrogens with one attached hydrogen (secondary N) is 1. The second kappa shape index (κ2) is 9.22. The maximum atomic E-state index is 11.9. The summed E-state index contributed by atoms with van der Waals surface area (Å²) in [6.45, 7) is 0.833. The highest BCUT2D eigenvalue weighted by Gasteiger charge is 2.20. The minimum atomic E-state index is -1.01. The fourth-order valence-electron chi connectivity index (χ4n) is 1.89. The summed E-state index contributed by atoms with van der Waals surface area (Å²) in [6.07, 6.45) is -1.01. The number of imide groups is 1. The van der Waals surface area contributed by atoms with Crippen molar-refractivity contribution in [3.63, 3.8) is 0 Å². The largest absolute Gasteiger partial charge is 0.477 e. The molecule has 2 aromatic carbocycles. The van der Waals surface area contributed by atoms with E-state index < -0.39 is 30.5 Å². The average Bonchev–Trinajstić information content (AvgIpc) is 2.62. The predicted octanol–water partition coefficient (Wildman–Crippen LogP) is 3.26. The maximum absolute atomic E-state index is 11.9. The van der Waals surface area contributed by atoms with Gasteiger partial charge in [0.2, 0.25) is 0 Å². The van der Waals surface area contributed by atoms with Gasteiger partial charge in [-0.15, -0.1) is 0 Å². The van der Waals surface area contributed by atoms with Crippen molar-refractivity contribution < 1.29 is 23.9 Å². The number of esters is 1. The number of ether oxygens (including phenoxy) is 2. The third-order valence-electron chi connectivity index (χ3n) is 3.16. The molecule has 0 heterocycles. The average molecular weight is 396 g/mol. The van der Waals surface area contributed by atoms with E-state index in [-0.39, 0.29) is 10.8 Å². The lowest BCUT2D eigenvalue weighted by Gasteiger charge is -2.15. The zero-order chi connectivity index (χ0) is 19.1. The van der Waals surface area contributed by atoms with Gasteiger partial charge < -0.3 is 9.47 Å². The highest BCUT2D eigenvalue weighted by molar-refractivity contribution is 6.35. The summed E-state index contributed by atoms with van der Waals surface area (Å²) in [5.41, 5.74) is 0.321. The minimum Gasteiger partial charge on any atom is -0.477 e. The van der Waals surface area contributed by atoms with E-state index in [1.54, 1.807) is 36.4 Å². The molecule has 136 valence electrons. The Morgan fingerprint density at radius 3 is 2.42 bits per heavy atom. The molecule has 0 fully saturated rings. The molecule has 1 N–H and O–H groups in total. The fourth-order valence-corrected chi connectivity index (χ4v) is 2.34. The third-order valence-corrected chi connectivity index (χ3v) is 3.69. The quantitative estimate of drug-likeness (QED) is 0.759.